The van der Waals surface area contributed by atoms with Gasteiger partial charge in [-0.2, -0.15) is 10.1 Å². The van der Waals surface area contributed by atoms with Gasteiger partial charge in [-0.3, -0.25) is 19.0 Å². The van der Waals surface area contributed by atoms with Crippen molar-refractivity contribution in [2.75, 3.05) is 11.1 Å². The number of benzene rings is 2. The van der Waals surface area contributed by atoms with Crippen molar-refractivity contribution in [1.29, 1.82) is 0 Å². The van der Waals surface area contributed by atoms with Crippen LogP contribution in [0.15, 0.2) is 84.0 Å². The summed E-state index contributed by atoms with van der Waals surface area (Å²) in [5.41, 5.74) is 9.40. The Morgan fingerprint density at radius 3 is 2.68 bits per heavy atom. The average Bonchev–Trinajstić information content (AvgIpc) is 3.34. The van der Waals surface area contributed by atoms with Gasteiger partial charge < -0.3 is 11.1 Å². The molecule has 1 atom stereocenters. The van der Waals surface area contributed by atoms with E-state index in [1.54, 1.807) is 41.3 Å². The van der Waals surface area contributed by atoms with Crippen LogP contribution in [0.2, 0.25) is 0 Å². The zero-order valence-corrected chi connectivity index (χ0v) is 20.6. The lowest BCUT2D eigenvalue weighted by Crippen LogP contribution is -2.26. The van der Waals surface area contributed by atoms with E-state index in [0.717, 1.165) is 16.5 Å². The number of aromatic nitrogens is 6. The van der Waals surface area contributed by atoms with E-state index in [-0.39, 0.29) is 11.5 Å². The smallest absolute Gasteiger partial charge is 0.263 e. The number of anilines is 2. The van der Waals surface area contributed by atoms with E-state index in [4.69, 9.17) is 5.73 Å². The van der Waals surface area contributed by atoms with E-state index in [9.17, 15) is 9.18 Å². The van der Waals surface area contributed by atoms with E-state index in [1.165, 1.54) is 16.7 Å². The molecule has 0 amide bonds. The van der Waals surface area contributed by atoms with Crippen LogP contribution in [0, 0.1) is 5.82 Å². The summed E-state index contributed by atoms with van der Waals surface area (Å²) in [6.07, 6.45) is 5.23. The maximum Gasteiger partial charge on any atom is 0.263 e. The number of nitrogens with two attached hydrogens (primary N) is 1. The van der Waals surface area contributed by atoms with Gasteiger partial charge >= 0.3 is 0 Å². The van der Waals surface area contributed by atoms with Crippen molar-refractivity contribution < 1.29 is 4.39 Å². The lowest BCUT2D eigenvalue weighted by molar-refractivity contribution is 0.625. The van der Waals surface area contributed by atoms with Gasteiger partial charge in [0.15, 0.2) is 5.82 Å². The standard InChI is InChI=1S/C28H23FN8O/c1-16(33-26-25-22(10-5-11-31-25)34-28(30)35-26)23-12-17-6-3-9-21(18-14-32-36(2)15-18)24(17)27(38)37(23)20-8-4-7-19(29)13-20/h3-16H,1-2H3,(H3,30,33,34,35). The first kappa shape index (κ1) is 23.3. The Morgan fingerprint density at radius 2 is 1.89 bits per heavy atom. The first-order valence-electron chi connectivity index (χ1n) is 12.0. The number of rotatable bonds is 5. The Hall–Kier alpha value is -5.12. The number of hydrogen-bond acceptors (Lipinski definition) is 7. The predicted molar refractivity (Wildman–Crippen MR) is 145 cm³/mol. The first-order chi connectivity index (χ1) is 18.4. The summed E-state index contributed by atoms with van der Waals surface area (Å²) in [7, 11) is 1.82. The topological polar surface area (TPSA) is 117 Å². The van der Waals surface area contributed by atoms with Crippen molar-refractivity contribution in [3.8, 4) is 16.8 Å². The molecule has 3 N–H and O–H groups in total. The predicted octanol–water partition coefficient (Wildman–Crippen LogP) is 4.62. The van der Waals surface area contributed by atoms with Gasteiger partial charge in [0.2, 0.25) is 5.95 Å². The van der Waals surface area contributed by atoms with Crippen molar-refractivity contribution in [1.82, 2.24) is 29.3 Å². The second-order valence-corrected chi connectivity index (χ2v) is 9.03. The van der Waals surface area contributed by atoms with Crippen LogP contribution >= 0.6 is 0 Å². The maximum atomic E-state index is 14.4. The Labute approximate surface area is 216 Å². The number of nitrogens with zero attached hydrogens (tertiary/aromatic N) is 6. The van der Waals surface area contributed by atoms with Gasteiger partial charge in [0.25, 0.3) is 5.56 Å². The van der Waals surface area contributed by atoms with Crippen molar-refractivity contribution in [2.45, 2.75) is 13.0 Å². The summed E-state index contributed by atoms with van der Waals surface area (Å²) >= 11 is 0. The summed E-state index contributed by atoms with van der Waals surface area (Å²) in [6, 6.07) is 16.7. The molecule has 9 nitrogen and oxygen atoms in total. The van der Waals surface area contributed by atoms with Crippen LogP contribution in [0.5, 0.6) is 0 Å². The zero-order valence-electron chi connectivity index (χ0n) is 20.6. The maximum absolute atomic E-state index is 14.4. The molecular weight excluding hydrogens is 483 g/mol. The van der Waals surface area contributed by atoms with Gasteiger partial charge in [0.05, 0.1) is 28.8 Å². The third-order valence-electron chi connectivity index (χ3n) is 6.43. The van der Waals surface area contributed by atoms with Crippen molar-refractivity contribution >= 4 is 33.6 Å². The molecule has 0 bridgehead atoms. The molecule has 0 radical (unpaired) electrons. The second kappa shape index (κ2) is 9.07. The summed E-state index contributed by atoms with van der Waals surface area (Å²) in [5, 5.41) is 8.88. The minimum absolute atomic E-state index is 0.0994. The largest absolute Gasteiger partial charge is 0.368 e. The summed E-state index contributed by atoms with van der Waals surface area (Å²) in [6.45, 7) is 1.90. The van der Waals surface area contributed by atoms with Crippen molar-refractivity contribution in [3.63, 3.8) is 0 Å². The molecule has 0 aliphatic heterocycles. The molecule has 4 heterocycles. The van der Waals surface area contributed by atoms with Crippen LogP contribution in [0.3, 0.4) is 0 Å². The lowest BCUT2D eigenvalue weighted by Gasteiger charge is -2.22. The van der Waals surface area contributed by atoms with Gasteiger partial charge in [0, 0.05) is 30.7 Å². The molecule has 188 valence electrons. The van der Waals surface area contributed by atoms with Crippen molar-refractivity contribution in [2.24, 2.45) is 7.05 Å². The number of fused-ring (bicyclic) bond motifs is 2. The van der Waals surface area contributed by atoms with E-state index in [2.05, 4.69) is 25.4 Å². The summed E-state index contributed by atoms with van der Waals surface area (Å²) < 4.78 is 17.6. The fourth-order valence-corrected chi connectivity index (χ4v) is 4.75. The lowest BCUT2D eigenvalue weighted by atomic mass is 9.99. The van der Waals surface area contributed by atoms with Crippen LogP contribution in [-0.2, 0) is 7.05 Å². The normalized spacial score (nSPS) is 12.2. The Kier molecular flexibility index (Phi) is 5.56. The molecule has 0 saturated carbocycles. The molecule has 1 unspecified atom stereocenters. The van der Waals surface area contributed by atoms with Crippen LogP contribution in [0.25, 0.3) is 38.6 Å². The number of nitrogens with one attached hydrogen (secondary N) is 1. The minimum Gasteiger partial charge on any atom is -0.368 e. The molecule has 0 aliphatic rings. The number of nitrogen functional groups attached to an aromatic ring is 1. The monoisotopic (exact) mass is 506 g/mol. The van der Waals surface area contributed by atoms with Gasteiger partial charge in [-0.1, -0.05) is 24.3 Å². The molecule has 10 heteroatoms. The number of halogens is 1. The average molecular weight is 507 g/mol. The Morgan fingerprint density at radius 1 is 1.05 bits per heavy atom. The number of aryl methyl sites for hydroxylation is 1. The molecular formula is C28H23FN8O. The SMILES string of the molecule is CC(Nc1nc(N)nc2cccnc12)c1cc2cccc(-c3cnn(C)c3)c2c(=O)n1-c1cccc(F)c1. The van der Waals surface area contributed by atoms with Crippen LogP contribution in [-0.4, -0.2) is 29.3 Å². The molecule has 4 aromatic heterocycles. The molecule has 6 rings (SSSR count). The molecule has 0 fully saturated rings. The minimum atomic E-state index is -0.447. The van der Waals surface area contributed by atoms with Crippen molar-refractivity contribution in [3.05, 3.63) is 101 Å². The molecule has 6 aromatic rings. The van der Waals surface area contributed by atoms with E-state index >= 15 is 0 Å². The van der Waals surface area contributed by atoms with Gasteiger partial charge in [-0.25, -0.2) is 9.37 Å². The van der Waals surface area contributed by atoms with Crippen LogP contribution in [0.1, 0.15) is 18.7 Å². The van der Waals surface area contributed by atoms with E-state index in [0.29, 0.717) is 33.6 Å². The van der Waals surface area contributed by atoms with E-state index < -0.39 is 11.9 Å². The molecule has 0 saturated heterocycles. The number of hydrogen-bond donors (Lipinski definition) is 2. The third-order valence-corrected chi connectivity index (χ3v) is 6.43. The summed E-state index contributed by atoms with van der Waals surface area (Å²) in [4.78, 5) is 27.2. The molecule has 0 aliphatic carbocycles. The fraction of sp³-hybridized carbons (Fsp3) is 0.107. The summed E-state index contributed by atoms with van der Waals surface area (Å²) in [5.74, 6) is 0.0887. The highest BCUT2D eigenvalue weighted by Crippen LogP contribution is 2.31. The quantitative estimate of drug-likeness (QED) is 0.350. The van der Waals surface area contributed by atoms with E-state index in [1.807, 2.05) is 44.4 Å². The molecule has 2 aromatic carbocycles. The van der Waals surface area contributed by atoms with Gasteiger partial charge in [0.1, 0.15) is 11.3 Å². The highest BCUT2D eigenvalue weighted by atomic mass is 19.1. The van der Waals surface area contributed by atoms with Crippen LogP contribution < -0.4 is 16.6 Å². The first-order valence-corrected chi connectivity index (χ1v) is 12.0. The Bertz CT molecular complexity index is 1890. The molecule has 38 heavy (non-hydrogen) atoms. The molecule has 0 spiro atoms. The van der Waals surface area contributed by atoms with Gasteiger partial charge in [-0.05, 0) is 54.3 Å². The number of pyridine rings is 2. The Balaban J connectivity index is 1.58. The highest BCUT2D eigenvalue weighted by molar-refractivity contribution is 5.96. The van der Waals surface area contributed by atoms with Crippen LogP contribution in [0.4, 0.5) is 16.2 Å². The second-order valence-electron chi connectivity index (χ2n) is 9.03. The van der Waals surface area contributed by atoms with Gasteiger partial charge in [-0.15, -0.1) is 0 Å². The highest BCUT2D eigenvalue weighted by Gasteiger charge is 2.21. The fourth-order valence-electron chi connectivity index (χ4n) is 4.75. The third kappa shape index (κ3) is 4.01. The zero-order chi connectivity index (χ0) is 26.4.